The van der Waals surface area contributed by atoms with E-state index >= 15 is 0 Å². The molecule has 3 rings (SSSR count). The number of carbonyl (C=O) groups is 1. The molecule has 0 bridgehead atoms. The summed E-state index contributed by atoms with van der Waals surface area (Å²) in [6.45, 7) is 2.95. The zero-order chi connectivity index (χ0) is 22.1. The zero-order valence-electron chi connectivity index (χ0n) is 15.9. The van der Waals surface area contributed by atoms with Gasteiger partial charge in [0.2, 0.25) is 0 Å². The molecular formula is C20H18Cl2F4N2OS. The van der Waals surface area contributed by atoms with E-state index in [4.69, 9.17) is 23.2 Å². The number of halogens is 6. The van der Waals surface area contributed by atoms with Gasteiger partial charge < -0.3 is 9.80 Å². The maximum Gasteiger partial charge on any atom is 0.398 e. The van der Waals surface area contributed by atoms with E-state index in [1.54, 1.807) is 16.7 Å². The Morgan fingerprint density at radius 3 is 2.20 bits per heavy atom. The maximum atomic E-state index is 14.5. The first kappa shape index (κ1) is 23.0. The van der Waals surface area contributed by atoms with Gasteiger partial charge in [0, 0.05) is 46.7 Å². The molecule has 10 heteroatoms. The van der Waals surface area contributed by atoms with E-state index in [-0.39, 0.29) is 11.6 Å². The van der Waals surface area contributed by atoms with E-state index in [9.17, 15) is 22.4 Å². The highest BCUT2D eigenvalue weighted by Gasteiger charge is 2.29. The topological polar surface area (TPSA) is 23.6 Å². The molecule has 0 spiro atoms. The first-order chi connectivity index (χ1) is 14.0. The van der Waals surface area contributed by atoms with E-state index in [1.807, 2.05) is 0 Å². The number of anilines is 1. The summed E-state index contributed by atoms with van der Waals surface area (Å²) in [4.78, 5) is 16.4. The van der Waals surface area contributed by atoms with Crippen LogP contribution in [0.3, 0.4) is 0 Å². The number of hydrogen-bond donors (Lipinski definition) is 0. The maximum absolute atomic E-state index is 14.5. The number of rotatable bonds is 4. The second kappa shape index (κ2) is 9.24. The highest BCUT2D eigenvalue weighted by atomic mass is 35.5. The predicted molar refractivity (Wildman–Crippen MR) is 112 cm³/mol. The Bertz CT molecular complexity index is 927. The number of nitrogens with zero attached hydrogens (tertiary/aromatic N) is 2. The van der Waals surface area contributed by atoms with E-state index < -0.39 is 17.7 Å². The van der Waals surface area contributed by atoms with Crippen molar-refractivity contribution in [2.45, 2.75) is 18.0 Å². The highest BCUT2D eigenvalue weighted by Crippen LogP contribution is 2.34. The quantitative estimate of drug-likeness (QED) is 0.392. The molecule has 3 nitrogen and oxygen atoms in total. The van der Waals surface area contributed by atoms with Crippen molar-refractivity contribution in [3.05, 3.63) is 57.3 Å². The molecule has 1 aliphatic heterocycles. The Morgan fingerprint density at radius 2 is 1.63 bits per heavy atom. The Balaban J connectivity index is 1.70. The summed E-state index contributed by atoms with van der Waals surface area (Å²) >= 11 is 12.6. The van der Waals surface area contributed by atoms with Gasteiger partial charge in [0.1, 0.15) is 5.82 Å². The minimum atomic E-state index is -4.30. The van der Waals surface area contributed by atoms with Gasteiger partial charge in [-0.3, -0.25) is 4.79 Å². The summed E-state index contributed by atoms with van der Waals surface area (Å²) in [7, 11) is 0. The molecule has 1 aliphatic rings. The third kappa shape index (κ3) is 5.74. The zero-order valence-corrected chi connectivity index (χ0v) is 18.2. The van der Waals surface area contributed by atoms with Gasteiger partial charge in [0.25, 0.3) is 5.91 Å². The number of carbonyl (C=O) groups excluding carboxylic acids is 1. The molecule has 1 fully saturated rings. The molecule has 0 radical (unpaired) electrons. The van der Waals surface area contributed by atoms with Gasteiger partial charge in [0.15, 0.2) is 0 Å². The highest BCUT2D eigenvalue weighted by molar-refractivity contribution is 7.99. The van der Waals surface area contributed by atoms with Gasteiger partial charge in [-0.2, -0.15) is 13.2 Å². The first-order valence-corrected chi connectivity index (χ1v) is 10.8. The fourth-order valence-corrected chi connectivity index (χ4v) is 4.54. The van der Waals surface area contributed by atoms with Crippen LogP contribution in [0, 0.1) is 12.7 Å². The molecule has 1 saturated heterocycles. The number of benzene rings is 2. The third-order valence-corrected chi connectivity index (χ3v) is 6.31. The monoisotopic (exact) mass is 480 g/mol. The average Bonchev–Trinajstić information content (AvgIpc) is 2.65. The molecule has 2 aromatic carbocycles. The molecule has 1 heterocycles. The first-order valence-electron chi connectivity index (χ1n) is 9.03. The summed E-state index contributed by atoms with van der Waals surface area (Å²) in [6.07, 6.45) is -4.30. The summed E-state index contributed by atoms with van der Waals surface area (Å²) in [5.41, 5.74) is 1.06. The minimum absolute atomic E-state index is 0.232. The number of amides is 1. The Hall–Kier alpha value is -1.64. The van der Waals surface area contributed by atoms with Crippen molar-refractivity contribution in [1.29, 1.82) is 0 Å². The van der Waals surface area contributed by atoms with Gasteiger partial charge in [-0.15, -0.1) is 11.8 Å². The van der Waals surface area contributed by atoms with Gasteiger partial charge in [-0.05, 0) is 42.8 Å². The lowest BCUT2D eigenvalue weighted by Gasteiger charge is -2.36. The van der Waals surface area contributed by atoms with Crippen molar-refractivity contribution in [1.82, 2.24) is 4.90 Å². The largest absolute Gasteiger partial charge is 0.398 e. The minimum Gasteiger partial charge on any atom is -0.366 e. The standard InChI is InChI=1S/C20H18Cl2F4N2OS/c1-12-6-16(23)17(10-18(12)30-11-20(24,25)26)27-2-4-28(5-3-27)19(29)13-7-14(21)9-15(22)8-13/h6-10H,2-5,11H2,1H3. The molecular weight excluding hydrogens is 463 g/mol. The predicted octanol–water partition coefficient (Wildman–Crippen LogP) is 6.06. The second-order valence-corrected chi connectivity index (χ2v) is 8.80. The summed E-state index contributed by atoms with van der Waals surface area (Å²) in [6, 6.07) is 7.30. The molecule has 0 atom stereocenters. The smallest absolute Gasteiger partial charge is 0.366 e. The summed E-state index contributed by atoms with van der Waals surface area (Å²) < 4.78 is 52.2. The normalized spacial score (nSPS) is 14.9. The van der Waals surface area contributed by atoms with Crippen LogP contribution >= 0.6 is 35.0 Å². The van der Waals surface area contributed by atoms with Gasteiger partial charge in [-0.1, -0.05) is 23.2 Å². The molecule has 0 aliphatic carbocycles. The fourth-order valence-electron chi connectivity index (χ4n) is 3.21. The van der Waals surface area contributed by atoms with Crippen molar-refractivity contribution < 1.29 is 22.4 Å². The molecule has 0 saturated carbocycles. The molecule has 30 heavy (non-hydrogen) atoms. The average molecular weight is 481 g/mol. The number of thioether (sulfide) groups is 1. The lowest BCUT2D eigenvalue weighted by atomic mass is 10.1. The number of hydrogen-bond acceptors (Lipinski definition) is 3. The Morgan fingerprint density at radius 1 is 1.03 bits per heavy atom. The van der Waals surface area contributed by atoms with E-state index in [0.717, 1.165) is 0 Å². The van der Waals surface area contributed by atoms with Crippen molar-refractivity contribution in [2.75, 3.05) is 36.8 Å². The van der Waals surface area contributed by atoms with Crippen molar-refractivity contribution >= 4 is 46.6 Å². The van der Waals surface area contributed by atoms with E-state index in [0.29, 0.717) is 64.0 Å². The van der Waals surface area contributed by atoms with Crippen LogP contribution in [0.15, 0.2) is 35.2 Å². The van der Waals surface area contributed by atoms with Crippen LogP contribution in [0.2, 0.25) is 10.0 Å². The van der Waals surface area contributed by atoms with Crippen molar-refractivity contribution in [3.63, 3.8) is 0 Å². The van der Waals surface area contributed by atoms with Crippen LogP contribution in [-0.2, 0) is 0 Å². The van der Waals surface area contributed by atoms with Crippen LogP contribution in [0.25, 0.3) is 0 Å². The molecule has 0 unspecified atom stereocenters. The van der Waals surface area contributed by atoms with Gasteiger partial charge >= 0.3 is 6.18 Å². The van der Waals surface area contributed by atoms with Crippen molar-refractivity contribution in [2.24, 2.45) is 0 Å². The van der Waals surface area contributed by atoms with Crippen molar-refractivity contribution in [3.8, 4) is 0 Å². The number of aryl methyl sites for hydroxylation is 1. The Labute approximate surface area is 185 Å². The van der Waals surface area contributed by atoms with E-state index in [1.165, 1.54) is 30.3 Å². The SMILES string of the molecule is Cc1cc(F)c(N2CCN(C(=O)c3cc(Cl)cc(Cl)c3)CC2)cc1SCC(F)(F)F. The molecule has 2 aromatic rings. The fraction of sp³-hybridized carbons (Fsp3) is 0.350. The van der Waals surface area contributed by atoms with E-state index in [2.05, 4.69) is 0 Å². The second-order valence-electron chi connectivity index (χ2n) is 6.91. The molecule has 1 amide bonds. The Kier molecular flexibility index (Phi) is 7.09. The van der Waals surface area contributed by atoms with Crippen LogP contribution in [0.4, 0.5) is 23.2 Å². The number of piperazine rings is 1. The lowest BCUT2D eigenvalue weighted by Crippen LogP contribution is -2.49. The van der Waals surface area contributed by atoms with Gasteiger partial charge in [0.05, 0.1) is 11.4 Å². The van der Waals surface area contributed by atoms with Crippen LogP contribution < -0.4 is 4.90 Å². The molecule has 0 N–H and O–H groups in total. The number of alkyl halides is 3. The van der Waals surface area contributed by atoms with Gasteiger partial charge in [-0.25, -0.2) is 4.39 Å². The van der Waals surface area contributed by atoms with Crippen LogP contribution in [-0.4, -0.2) is 48.9 Å². The van der Waals surface area contributed by atoms with Crippen LogP contribution in [0.5, 0.6) is 0 Å². The summed E-state index contributed by atoms with van der Waals surface area (Å²) in [5.74, 6) is -1.77. The third-order valence-electron chi connectivity index (χ3n) is 4.65. The lowest BCUT2D eigenvalue weighted by molar-refractivity contribution is -0.105. The molecule has 0 aromatic heterocycles. The van der Waals surface area contributed by atoms with Crippen LogP contribution in [0.1, 0.15) is 15.9 Å². The molecule has 162 valence electrons. The summed E-state index contributed by atoms with van der Waals surface area (Å²) in [5, 5.41) is 0.713.